The number of fused-ring (bicyclic) bond motifs is 2. The molecule has 8 nitrogen and oxygen atoms in total. The van der Waals surface area contributed by atoms with Gasteiger partial charge in [0.2, 0.25) is 11.8 Å². The SMILES string of the molecule is CN1CCN(CC(=O)N2CCCCC2Cc2ccccc2)CCOc2ccccc2Oc2ncccc2C1=O. The van der Waals surface area contributed by atoms with E-state index < -0.39 is 0 Å². The highest BCUT2D eigenvalue weighted by atomic mass is 16.5. The highest BCUT2D eigenvalue weighted by molar-refractivity contribution is 5.96. The molecule has 0 N–H and O–H groups in total. The van der Waals surface area contributed by atoms with Crippen LogP contribution >= 0.6 is 0 Å². The summed E-state index contributed by atoms with van der Waals surface area (Å²) in [6.45, 7) is 3.01. The van der Waals surface area contributed by atoms with E-state index in [1.807, 2.05) is 24.3 Å². The van der Waals surface area contributed by atoms with Gasteiger partial charge in [0, 0.05) is 45.5 Å². The summed E-state index contributed by atoms with van der Waals surface area (Å²) in [5.41, 5.74) is 1.64. The number of likely N-dealkylation sites (tertiary alicyclic amines) is 1. The first-order valence-electron chi connectivity index (χ1n) is 13.7. The molecule has 2 aliphatic rings. The predicted molar refractivity (Wildman–Crippen MR) is 149 cm³/mol. The zero-order valence-corrected chi connectivity index (χ0v) is 22.5. The molecule has 0 bridgehead atoms. The number of carbonyl (C=O) groups excluding carboxylic acids is 2. The molecule has 2 aromatic carbocycles. The van der Waals surface area contributed by atoms with Gasteiger partial charge in [0.25, 0.3) is 5.91 Å². The maximum atomic E-state index is 13.6. The van der Waals surface area contributed by atoms with Gasteiger partial charge in [0.15, 0.2) is 11.5 Å². The van der Waals surface area contributed by atoms with Gasteiger partial charge >= 0.3 is 0 Å². The van der Waals surface area contributed by atoms with Crippen molar-refractivity contribution < 1.29 is 19.1 Å². The van der Waals surface area contributed by atoms with Crippen LogP contribution in [-0.2, 0) is 11.2 Å². The highest BCUT2D eigenvalue weighted by Crippen LogP contribution is 2.32. The van der Waals surface area contributed by atoms with Gasteiger partial charge in [-0.1, -0.05) is 42.5 Å². The van der Waals surface area contributed by atoms with E-state index in [0.717, 1.165) is 32.2 Å². The van der Waals surface area contributed by atoms with E-state index in [4.69, 9.17) is 9.47 Å². The topological polar surface area (TPSA) is 75.2 Å². The average molecular weight is 529 g/mol. The van der Waals surface area contributed by atoms with E-state index in [0.29, 0.717) is 43.3 Å². The minimum absolute atomic E-state index is 0.132. The van der Waals surface area contributed by atoms with E-state index in [2.05, 4.69) is 39.0 Å². The lowest BCUT2D eigenvalue weighted by Gasteiger charge is -2.37. The molecule has 0 radical (unpaired) electrons. The Morgan fingerprint density at radius 1 is 0.923 bits per heavy atom. The van der Waals surface area contributed by atoms with Crippen molar-refractivity contribution >= 4 is 11.8 Å². The zero-order chi connectivity index (χ0) is 27.0. The minimum atomic E-state index is -0.180. The maximum Gasteiger partial charge on any atom is 0.259 e. The van der Waals surface area contributed by atoms with E-state index in [-0.39, 0.29) is 30.3 Å². The van der Waals surface area contributed by atoms with Crippen molar-refractivity contribution in [2.45, 2.75) is 31.7 Å². The molecule has 39 heavy (non-hydrogen) atoms. The number of ether oxygens (including phenoxy) is 2. The van der Waals surface area contributed by atoms with Crippen LogP contribution in [0.25, 0.3) is 0 Å². The van der Waals surface area contributed by atoms with Gasteiger partial charge in [0.1, 0.15) is 12.2 Å². The lowest BCUT2D eigenvalue weighted by Crippen LogP contribution is -2.50. The molecule has 3 heterocycles. The predicted octanol–water partition coefficient (Wildman–Crippen LogP) is 4.26. The Labute approximate surface area is 230 Å². The Balaban J connectivity index is 1.32. The molecular formula is C31H36N4O4. The average Bonchev–Trinajstić information content (AvgIpc) is 2.97. The van der Waals surface area contributed by atoms with Gasteiger partial charge in [-0.3, -0.25) is 14.5 Å². The van der Waals surface area contributed by atoms with Crippen LogP contribution in [0, 0.1) is 0 Å². The van der Waals surface area contributed by atoms with Crippen molar-refractivity contribution in [1.82, 2.24) is 19.7 Å². The molecule has 1 unspecified atom stereocenters. The quantitative estimate of drug-likeness (QED) is 0.504. The van der Waals surface area contributed by atoms with Crippen molar-refractivity contribution in [1.29, 1.82) is 0 Å². The number of piperidine rings is 1. The fraction of sp³-hybridized carbons (Fsp3) is 0.387. The van der Waals surface area contributed by atoms with Crippen LogP contribution in [0.15, 0.2) is 72.9 Å². The summed E-state index contributed by atoms with van der Waals surface area (Å²) in [5, 5.41) is 0. The van der Waals surface area contributed by atoms with Crippen LogP contribution in [0.4, 0.5) is 0 Å². The van der Waals surface area contributed by atoms with Crippen molar-refractivity contribution in [2.24, 2.45) is 0 Å². The van der Waals surface area contributed by atoms with Gasteiger partial charge in [-0.25, -0.2) is 4.98 Å². The van der Waals surface area contributed by atoms with Crippen LogP contribution in [0.1, 0.15) is 35.2 Å². The Morgan fingerprint density at radius 2 is 1.72 bits per heavy atom. The molecule has 1 atom stereocenters. The van der Waals surface area contributed by atoms with E-state index in [1.54, 1.807) is 36.3 Å². The number of carbonyl (C=O) groups is 2. The highest BCUT2D eigenvalue weighted by Gasteiger charge is 2.28. The first-order chi connectivity index (χ1) is 19.1. The molecule has 1 aromatic heterocycles. The van der Waals surface area contributed by atoms with Gasteiger partial charge in [0.05, 0.1) is 6.54 Å². The fourth-order valence-electron chi connectivity index (χ4n) is 5.26. The van der Waals surface area contributed by atoms with E-state index in [9.17, 15) is 9.59 Å². The normalized spacial score (nSPS) is 18.9. The Kier molecular flexibility index (Phi) is 8.73. The fourth-order valence-corrected chi connectivity index (χ4v) is 5.26. The number of rotatable bonds is 4. The number of benzene rings is 2. The molecule has 5 rings (SSSR count). The standard InChI is InChI=1S/C31H36N4O4/c1-33-18-19-34(23-29(36)35-17-8-7-12-25(35)22-24-10-3-2-4-11-24)20-21-38-27-14-5-6-15-28(27)39-30-26(31(33)37)13-9-16-32-30/h2-6,9-11,13-16,25H,7-8,12,17-23H2,1H3. The van der Waals surface area contributed by atoms with Gasteiger partial charge in [-0.05, 0) is 55.5 Å². The zero-order valence-electron chi connectivity index (χ0n) is 22.5. The number of amides is 2. The summed E-state index contributed by atoms with van der Waals surface area (Å²) < 4.78 is 12.2. The number of hydrogen-bond acceptors (Lipinski definition) is 6. The number of nitrogens with zero attached hydrogens (tertiary/aromatic N) is 4. The van der Waals surface area contributed by atoms with Crippen LogP contribution in [0.5, 0.6) is 17.4 Å². The number of pyridine rings is 1. The van der Waals surface area contributed by atoms with Gasteiger partial charge in [-0.15, -0.1) is 0 Å². The molecule has 2 aliphatic heterocycles. The van der Waals surface area contributed by atoms with Gasteiger partial charge in [-0.2, -0.15) is 0 Å². The summed E-state index contributed by atoms with van der Waals surface area (Å²) in [6.07, 6.45) is 5.67. The number of para-hydroxylation sites is 2. The molecule has 0 spiro atoms. The van der Waals surface area contributed by atoms with Crippen molar-refractivity contribution in [3.05, 3.63) is 84.1 Å². The van der Waals surface area contributed by atoms with E-state index >= 15 is 0 Å². The first kappa shape index (κ1) is 26.7. The second kappa shape index (κ2) is 12.8. The molecule has 8 heteroatoms. The first-order valence-corrected chi connectivity index (χ1v) is 13.7. The van der Waals surface area contributed by atoms with Crippen molar-refractivity contribution in [3.63, 3.8) is 0 Å². The van der Waals surface area contributed by atoms with Crippen LogP contribution in [-0.4, -0.2) is 83.9 Å². The van der Waals surface area contributed by atoms with Crippen LogP contribution in [0.2, 0.25) is 0 Å². The lowest BCUT2D eigenvalue weighted by molar-refractivity contribution is -0.136. The van der Waals surface area contributed by atoms with Crippen molar-refractivity contribution in [3.8, 4) is 17.4 Å². The largest absolute Gasteiger partial charge is 0.488 e. The monoisotopic (exact) mass is 528 g/mol. The van der Waals surface area contributed by atoms with Crippen LogP contribution in [0.3, 0.4) is 0 Å². The summed E-state index contributed by atoms with van der Waals surface area (Å²) in [7, 11) is 1.77. The second-order valence-electron chi connectivity index (χ2n) is 10.2. The summed E-state index contributed by atoms with van der Waals surface area (Å²) >= 11 is 0. The summed E-state index contributed by atoms with van der Waals surface area (Å²) in [6, 6.07) is 21.4. The molecule has 1 saturated heterocycles. The minimum Gasteiger partial charge on any atom is -0.488 e. The molecule has 1 fully saturated rings. The third-order valence-electron chi connectivity index (χ3n) is 7.44. The smallest absolute Gasteiger partial charge is 0.259 e. The number of likely N-dealkylation sites (N-methyl/N-ethyl adjacent to an activating group) is 1. The van der Waals surface area contributed by atoms with E-state index in [1.165, 1.54) is 5.56 Å². The van der Waals surface area contributed by atoms with Crippen molar-refractivity contribution in [2.75, 3.05) is 46.4 Å². The molecule has 2 amide bonds. The number of hydrogen-bond donors (Lipinski definition) is 0. The molecule has 0 saturated carbocycles. The third-order valence-corrected chi connectivity index (χ3v) is 7.44. The maximum absolute atomic E-state index is 13.6. The second-order valence-corrected chi connectivity index (χ2v) is 10.2. The lowest BCUT2D eigenvalue weighted by atomic mass is 9.95. The number of aromatic nitrogens is 1. The van der Waals surface area contributed by atoms with Crippen LogP contribution < -0.4 is 9.47 Å². The molecule has 0 aliphatic carbocycles. The van der Waals surface area contributed by atoms with Gasteiger partial charge < -0.3 is 19.3 Å². The molecule has 3 aromatic rings. The Hall–Kier alpha value is -3.91. The Morgan fingerprint density at radius 3 is 2.56 bits per heavy atom. The molecular weight excluding hydrogens is 492 g/mol. The Bertz CT molecular complexity index is 1270. The molecule has 204 valence electrons. The summed E-state index contributed by atoms with van der Waals surface area (Å²) in [4.78, 5) is 37.1. The summed E-state index contributed by atoms with van der Waals surface area (Å²) in [5.74, 6) is 1.26. The third kappa shape index (κ3) is 6.75.